The normalized spacial score (nSPS) is 11.1. The van der Waals surface area contributed by atoms with Crippen LogP contribution in [0.1, 0.15) is 17.0 Å². The Morgan fingerprint density at radius 2 is 2.16 bits per heavy atom. The maximum absolute atomic E-state index is 14.0. The fourth-order valence-corrected chi connectivity index (χ4v) is 1.81. The Bertz CT molecular complexity index is 659. The molecule has 0 aliphatic heterocycles. The lowest BCUT2D eigenvalue weighted by atomic mass is 10.1. The molecule has 1 aromatic heterocycles. The maximum Gasteiger partial charge on any atom is 0.328 e. The highest BCUT2D eigenvalue weighted by molar-refractivity contribution is 5.86. The van der Waals surface area contributed by atoms with E-state index in [1.165, 1.54) is 18.5 Å². The van der Waals surface area contributed by atoms with Crippen LogP contribution in [0, 0.1) is 19.7 Å². The molecule has 0 bridgehead atoms. The molecule has 0 aliphatic rings. The third kappa shape index (κ3) is 2.54. The maximum atomic E-state index is 14.0. The van der Waals surface area contributed by atoms with Crippen molar-refractivity contribution in [1.82, 2.24) is 9.55 Å². The lowest BCUT2D eigenvalue weighted by molar-refractivity contribution is -0.131. The predicted octanol–water partition coefficient (Wildman–Crippen LogP) is 2.73. The Morgan fingerprint density at radius 3 is 2.74 bits per heavy atom. The van der Waals surface area contributed by atoms with Crippen molar-refractivity contribution < 1.29 is 14.3 Å². The Kier molecular flexibility index (Phi) is 3.46. The van der Waals surface area contributed by atoms with Gasteiger partial charge < -0.3 is 5.11 Å². The van der Waals surface area contributed by atoms with Crippen LogP contribution in [0.2, 0.25) is 0 Å². The molecule has 0 radical (unpaired) electrons. The smallest absolute Gasteiger partial charge is 0.328 e. The summed E-state index contributed by atoms with van der Waals surface area (Å²) in [6.07, 6.45) is 3.88. The van der Waals surface area contributed by atoms with Crippen molar-refractivity contribution in [3.63, 3.8) is 0 Å². The minimum atomic E-state index is -1.08. The van der Waals surface area contributed by atoms with Crippen LogP contribution in [0.15, 0.2) is 30.6 Å². The molecule has 4 nitrogen and oxygen atoms in total. The second kappa shape index (κ2) is 5.06. The Labute approximate surface area is 109 Å². The number of aryl methyl sites for hydroxylation is 1. The van der Waals surface area contributed by atoms with Crippen LogP contribution in [0.25, 0.3) is 11.8 Å². The average molecular weight is 260 g/mol. The zero-order valence-corrected chi connectivity index (χ0v) is 10.6. The number of rotatable bonds is 3. The summed E-state index contributed by atoms with van der Waals surface area (Å²) in [7, 11) is 0. The summed E-state index contributed by atoms with van der Waals surface area (Å²) in [4.78, 5) is 14.7. The van der Waals surface area contributed by atoms with E-state index >= 15 is 0 Å². The van der Waals surface area contributed by atoms with E-state index in [-0.39, 0.29) is 0 Å². The summed E-state index contributed by atoms with van der Waals surface area (Å²) in [6, 6.07) is 4.54. The van der Waals surface area contributed by atoms with Crippen molar-refractivity contribution in [3.05, 3.63) is 53.4 Å². The van der Waals surface area contributed by atoms with Crippen molar-refractivity contribution in [1.29, 1.82) is 0 Å². The van der Waals surface area contributed by atoms with Crippen molar-refractivity contribution >= 4 is 12.0 Å². The molecule has 1 aromatic carbocycles. The lowest BCUT2D eigenvalue weighted by Gasteiger charge is -2.10. The van der Waals surface area contributed by atoms with Gasteiger partial charge in [-0.25, -0.2) is 14.2 Å². The average Bonchev–Trinajstić information content (AvgIpc) is 2.68. The number of aliphatic carboxylic acids is 1. The number of hydrogen-bond donors (Lipinski definition) is 1. The molecule has 2 aromatic rings. The van der Waals surface area contributed by atoms with Crippen LogP contribution >= 0.6 is 0 Å². The van der Waals surface area contributed by atoms with E-state index in [4.69, 9.17) is 5.11 Å². The quantitative estimate of drug-likeness (QED) is 0.863. The van der Waals surface area contributed by atoms with Crippen molar-refractivity contribution in [2.75, 3.05) is 0 Å². The number of halogens is 1. The predicted molar refractivity (Wildman–Crippen MR) is 69.7 cm³/mol. The number of imidazole rings is 1. The summed E-state index contributed by atoms with van der Waals surface area (Å²) in [6.45, 7) is 3.67. The minimum Gasteiger partial charge on any atom is -0.478 e. The first-order valence-electron chi connectivity index (χ1n) is 5.71. The summed E-state index contributed by atoms with van der Waals surface area (Å²) >= 11 is 0. The molecule has 0 spiro atoms. The topological polar surface area (TPSA) is 55.1 Å². The van der Waals surface area contributed by atoms with Gasteiger partial charge in [0.1, 0.15) is 5.82 Å². The first kappa shape index (κ1) is 13.0. The van der Waals surface area contributed by atoms with E-state index in [2.05, 4.69) is 4.98 Å². The molecule has 0 amide bonds. The minimum absolute atomic E-state index is 0.304. The molecule has 0 unspecified atom stereocenters. The van der Waals surface area contributed by atoms with Gasteiger partial charge in [0.2, 0.25) is 0 Å². The first-order valence-corrected chi connectivity index (χ1v) is 5.71. The van der Waals surface area contributed by atoms with Crippen molar-refractivity contribution in [3.8, 4) is 5.69 Å². The van der Waals surface area contributed by atoms with Crippen molar-refractivity contribution in [2.45, 2.75) is 13.8 Å². The van der Waals surface area contributed by atoms with E-state index in [9.17, 15) is 9.18 Å². The van der Waals surface area contributed by atoms with Crippen LogP contribution in [0.5, 0.6) is 0 Å². The van der Waals surface area contributed by atoms with Gasteiger partial charge in [-0.05, 0) is 26.0 Å². The number of hydrogen-bond acceptors (Lipinski definition) is 2. The third-order valence-electron chi connectivity index (χ3n) is 2.92. The van der Waals surface area contributed by atoms with Crippen LogP contribution < -0.4 is 0 Å². The van der Waals surface area contributed by atoms with Crippen LogP contribution in [-0.2, 0) is 4.79 Å². The molecular formula is C14H13FN2O2. The largest absolute Gasteiger partial charge is 0.478 e. The molecule has 1 heterocycles. The highest BCUT2D eigenvalue weighted by atomic mass is 19.1. The van der Waals surface area contributed by atoms with Gasteiger partial charge in [-0.1, -0.05) is 12.1 Å². The number of carboxylic acids is 1. The Hall–Kier alpha value is -2.43. The fourth-order valence-electron chi connectivity index (χ4n) is 1.81. The van der Waals surface area contributed by atoms with Crippen LogP contribution in [0.4, 0.5) is 4.39 Å². The summed E-state index contributed by atoms with van der Waals surface area (Å²) in [5.41, 5.74) is 2.41. The number of carboxylic acid groups (broad SMARTS) is 1. The fraction of sp³-hybridized carbons (Fsp3) is 0.143. The van der Waals surface area contributed by atoms with Gasteiger partial charge in [0, 0.05) is 17.3 Å². The SMILES string of the molecule is Cc1ncn(-c2c(F)cccc2/C=C/C(=O)O)c1C. The van der Waals surface area contributed by atoms with Crippen LogP contribution in [0.3, 0.4) is 0 Å². The van der Waals surface area contributed by atoms with Crippen LogP contribution in [-0.4, -0.2) is 20.6 Å². The number of nitrogens with zero attached hydrogens (tertiary/aromatic N) is 2. The number of benzene rings is 1. The third-order valence-corrected chi connectivity index (χ3v) is 2.92. The molecule has 5 heteroatoms. The van der Waals surface area contributed by atoms with Gasteiger partial charge in [-0.2, -0.15) is 0 Å². The van der Waals surface area contributed by atoms with Crippen molar-refractivity contribution in [2.24, 2.45) is 0 Å². The molecule has 19 heavy (non-hydrogen) atoms. The van der Waals surface area contributed by atoms with Gasteiger partial charge in [0.15, 0.2) is 0 Å². The van der Waals surface area contributed by atoms with Gasteiger partial charge in [0.25, 0.3) is 0 Å². The molecule has 98 valence electrons. The molecule has 1 N–H and O–H groups in total. The highest BCUT2D eigenvalue weighted by Crippen LogP contribution is 2.22. The zero-order valence-electron chi connectivity index (χ0n) is 10.6. The summed E-state index contributed by atoms with van der Waals surface area (Å²) in [5.74, 6) is -1.50. The number of carbonyl (C=O) groups is 1. The molecule has 0 fully saturated rings. The van der Waals surface area contributed by atoms with E-state index < -0.39 is 11.8 Å². The molecule has 0 saturated carbocycles. The second-order valence-electron chi connectivity index (χ2n) is 4.13. The molecule has 2 rings (SSSR count). The van der Waals surface area contributed by atoms with Gasteiger partial charge >= 0.3 is 5.97 Å². The standard InChI is InChI=1S/C14H13FN2O2/c1-9-10(2)17(8-16-9)14-11(6-7-13(18)19)4-3-5-12(14)15/h3-8H,1-2H3,(H,18,19)/b7-6+. The number of para-hydroxylation sites is 1. The highest BCUT2D eigenvalue weighted by Gasteiger charge is 2.12. The zero-order chi connectivity index (χ0) is 14.0. The summed E-state index contributed by atoms with van der Waals surface area (Å²) < 4.78 is 15.6. The summed E-state index contributed by atoms with van der Waals surface area (Å²) in [5, 5.41) is 8.66. The van der Waals surface area contributed by atoms with E-state index in [0.717, 1.165) is 17.5 Å². The molecule has 0 atom stereocenters. The van der Waals surface area contributed by atoms with E-state index in [1.54, 1.807) is 16.7 Å². The van der Waals surface area contributed by atoms with Gasteiger partial charge in [-0.3, -0.25) is 4.57 Å². The Morgan fingerprint density at radius 1 is 1.42 bits per heavy atom. The van der Waals surface area contributed by atoms with Gasteiger partial charge in [-0.15, -0.1) is 0 Å². The molecule has 0 aliphatic carbocycles. The molecular weight excluding hydrogens is 247 g/mol. The van der Waals surface area contributed by atoms with Gasteiger partial charge in [0.05, 0.1) is 17.7 Å². The monoisotopic (exact) mass is 260 g/mol. The Balaban J connectivity index is 2.62. The number of aromatic nitrogens is 2. The van der Waals surface area contributed by atoms with E-state index in [1.807, 2.05) is 13.8 Å². The van der Waals surface area contributed by atoms with E-state index in [0.29, 0.717) is 11.3 Å². The first-order chi connectivity index (χ1) is 9.00. The molecule has 0 saturated heterocycles. The lowest BCUT2D eigenvalue weighted by Crippen LogP contribution is -2.02. The second-order valence-corrected chi connectivity index (χ2v) is 4.13.